The molecule has 4 nitrogen and oxygen atoms in total. The van der Waals surface area contributed by atoms with E-state index in [1.54, 1.807) is 12.2 Å². The number of carbonyl (C=O) groups is 2. The van der Waals surface area contributed by atoms with Crippen molar-refractivity contribution in [3.8, 4) is 0 Å². The Morgan fingerprint density at radius 1 is 1.33 bits per heavy atom. The fourth-order valence-corrected chi connectivity index (χ4v) is 1.84. The van der Waals surface area contributed by atoms with Gasteiger partial charge in [-0.05, 0) is 25.2 Å². The highest BCUT2D eigenvalue weighted by molar-refractivity contribution is 5.83. The molecule has 1 amide bonds. The van der Waals surface area contributed by atoms with Crippen LogP contribution in [0.4, 0.5) is 0 Å². The Balaban J connectivity index is 4.37. The SMILES string of the molecule is C/C=C/CC(NC(=O)CC(CC)C(C)C)C(=O)O. The summed E-state index contributed by atoms with van der Waals surface area (Å²) in [6, 6.07) is -0.821. The molecule has 0 aromatic carbocycles. The van der Waals surface area contributed by atoms with E-state index in [4.69, 9.17) is 5.11 Å². The molecule has 0 aromatic heterocycles. The van der Waals surface area contributed by atoms with Crippen LogP contribution in [0.2, 0.25) is 0 Å². The third-order valence-electron chi connectivity index (χ3n) is 3.16. The van der Waals surface area contributed by atoms with Crippen LogP contribution in [0.1, 0.15) is 47.0 Å². The van der Waals surface area contributed by atoms with Crippen molar-refractivity contribution in [1.82, 2.24) is 5.32 Å². The molecular formula is C14H25NO3. The van der Waals surface area contributed by atoms with Crippen molar-refractivity contribution in [2.45, 2.75) is 53.0 Å². The van der Waals surface area contributed by atoms with Gasteiger partial charge in [-0.2, -0.15) is 0 Å². The Morgan fingerprint density at radius 2 is 1.94 bits per heavy atom. The summed E-state index contributed by atoms with van der Waals surface area (Å²) in [6.45, 7) is 8.03. The lowest BCUT2D eigenvalue weighted by Gasteiger charge is -2.20. The van der Waals surface area contributed by atoms with Crippen molar-refractivity contribution in [2.24, 2.45) is 11.8 Å². The Morgan fingerprint density at radius 3 is 2.33 bits per heavy atom. The highest BCUT2D eigenvalue weighted by Gasteiger charge is 2.21. The van der Waals surface area contributed by atoms with Gasteiger partial charge in [0.1, 0.15) is 6.04 Å². The van der Waals surface area contributed by atoms with Crippen LogP contribution in [0.15, 0.2) is 12.2 Å². The lowest BCUT2D eigenvalue weighted by molar-refractivity contribution is -0.141. The number of nitrogens with one attached hydrogen (secondary N) is 1. The summed E-state index contributed by atoms with van der Waals surface area (Å²) >= 11 is 0. The molecule has 2 unspecified atom stereocenters. The molecule has 0 bridgehead atoms. The van der Waals surface area contributed by atoms with Crippen molar-refractivity contribution in [1.29, 1.82) is 0 Å². The van der Waals surface area contributed by atoms with E-state index >= 15 is 0 Å². The van der Waals surface area contributed by atoms with Crippen molar-refractivity contribution < 1.29 is 14.7 Å². The van der Waals surface area contributed by atoms with Crippen LogP contribution in [-0.4, -0.2) is 23.0 Å². The van der Waals surface area contributed by atoms with Gasteiger partial charge < -0.3 is 10.4 Å². The van der Waals surface area contributed by atoms with Crippen LogP contribution < -0.4 is 5.32 Å². The molecule has 0 spiro atoms. The Hall–Kier alpha value is -1.32. The van der Waals surface area contributed by atoms with Crippen LogP contribution >= 0.6 is 0 Å². The summed E-state index contributed by atoms with van der Waals surface area (Å²) < 4.78 is 0. The molecule has 2 atom stereocenters. The van der Waals surface area contributed by atoms with E-state index in [-0.39, 0.29) is 5.91 Å². The van der Waals surface area contributed by atoms with Crippen molar-refractivity contribution >= 4 is 11.9 Å². The number of hydrogen-bond donors (Lipinski definition) is 2. The van der Waals surface area contributed by atoms with Gasteiger partial charge in [0, 0.05) is 6.42 Å². The average Bonchev–Trinajstić information content (AvgIpc) is 2.30. The van der Waals surface area contributed by atoms with Gasteiger partial charge in [-0.3, -0.25) is 4.79 Å². The Kier molecular flexibility index (Phi) is 8.08. The number of carboxylic acid groups (broad SMARTS) is 1. The molecule has 0 rings (SSSR count). The number of rotatable bonds is 8. The van der Waals surface area contributed by atoms with Gasteiger partial charge in [0.15, 0.2) is 0 Å². The number of aliphatic carboxylic acids is 1. The summed E-state index contributed by atoms with van der Waals surface area (Å²) in [7, 11) is 0. The molecule has 0 aliphatic carbocycles. The lowest BCUT2D eigenvalue weighted by atomic mass is 9.90. The van der Waals surface area contributed by atoms with Crippen LogP contribution in [0, 0.1) is 11.8 Å². The zero-order chi connectivity index (χ0) is 14.1. The summed E-state index contributed by atoms with van der Waals surface area (Å²) in [5.74, 6) is -0.424. The van der Waals surface area contributed by atoms with Gasteiger partial charge in [-0.1, -0.05) is 39.3 Å². The molecule has 0 aliphatic rings. The topological polar surface area (TPSA) is 66.4 Å². The highest BCUT2D eigenvalue weighted by Crippen LogP contribution is 2.18. The van der Waals surface area contributed by atoms with Crippen LogP contribution in [0.3, 0.4) is 0 Å². The van der Waals surface area contributed by atoms with E-state index in [2.05, 4.69) is 19.2 Å². The van der Waals surface area contributed by atoms with Gasteiger partial charge in [-0.15, -0.1) is 0 Å². The quantitative estimate of drug-likeness (QED) is 0.655. The predicted octanol–water partition coefficient (Wildman–Crippen LogP) is 2.59. The third kappa shape index (κ3) is 6.42. The van der Waals surface area contributed by atoms with Gasteiger partial charge >= 0.3 is 5.97 Å². The summed E-state index contributed by atoms with van der Waals surface area (Å²) in [4.78, 5) is 22.8. The fourth-order valence-electron chi connectivity index (χ4n) is 1.84. The summed E-state index contributed by atoms with van der Waals surface area (Å²) in [5.41, 5.74) is 0. The second-order valence-electron chi connectivity index (χ2n) is 4.88. The molecule has 0 radical (unpaired) electrons. The second-order valence-corrected chi connectivity index (χ2v) is 4.88. The van der Waals surface area contributed by atoms with E-state index in [1.807, 2.05) is 13.8 Å². The first-order valence-electron chi connectivity index (χ1n) is 6.55. The minimum atomic E-state index is -0.987. The lowest BCUT2D eigenvalue weighted by Crippen LogP contribution is -2.41. The molecule has 104 valence electrons. The van der Waals surface area contributed by atoms with E-state index in [1.165, 1.54) is 0 Å². The number of allylic oxidation sites excluding steroid dienone is 1. The first kappa shape index (κ1) is 16.7. The molecule has 0 aliphatic heterocycles. The predicted molar refractivity (Wildman–Crippen MR) is 72.2 cm³/mol. The van der Waals surface area contributed by atoms with E-state index < -0.39 is 12.0 Å². The van der Waals surface area contributed by atoms with Crippen LogP contribution in [0.5, 0.6) is 0 Å². The van der Waals surface area contributed by atoms with Crippen molar-refractivity contribution in [3.63, 3.8) is 0 Å². The third-order valence-corrected chi connectivity index (χ3v) is 3.16. The normalized spacial score (nSPS) is 14.7. The number of carboxylic acids is 1. The van der Waals surface area contributed by atoms with Gasteiger partial charge in [0.25, 0.3) is 0 Å². The molecule has 18 heavy (non-hydrogen) atoms. The van der Waals surface area contributed by atoms with Crippen molar-refractivity contribution in [2.75, 3.05) is 0 Å². The number of carbonyl (C=O) groups excluding carboxylic acids is 1. The highest BCUT2D eigenvalue weighted by atomic mass is 16.4. The minimum Gasteiger partial charge on any atom is -0.480 e. The first-order valence-corrected chi connectivity index (χ1v) is 6.55. The smallest absolute Gasteiger partial charge is 0.326 e. The minimum absolute atomic E-state index is 0.174. The fraction of sp³-hybridized carbons (Fsp3) is 0.714. The van der Waals surface area contributed by atoms with Crippen molar-refractivity contribution in [3.05, 3.63) is 12.2 Å². The molecular weight excluding hydrogens is 230 g/mol. The molecule has 0 heterocycles. The summed E-state index contributed by atoms with van der Waals surface area (Å²) in [5, 5.41) is 11.6. The maximum absolute atomic E-state index is 11.8. The first-order chi connectivity index (χ1) is 8.42. The van der Waals surface area contributed by atoms with Crippen LogP contribution in [-0.2, 0) is 9.59 Å². The largest absolute Gasteiger partial charge is 0.480 e. The molecule has 0 fully saturated rings. The zero-order valence-electron chi connectivity index (χ0n) is 11.8. The molecule has 4 heteroatoms. The van der Waals surface area contributed by atoms with Gasteiger partial charge in [0.2, 0.25) is 5.91 Å². The average molecular weight is 255 g/mol. The maximum Gasteiger partial charge on any atom is 0.326 e. The summed E-state index contributed by atoms with van der Waals surface area (Å²) in [6.07, 6.45) is 5.19. The molecule has 0 aromatic rings. The number of amides is 1. The number of hydrogen-bond acceptors (Lipinski definition) is 2. The van der Waals surface area contributed by atoms with Gasteiger partial charge in [-0.25, -0.2) is 4.79 Å². The standard InChI is InChI=1S/C14H25NO3/c1-5-7-8-12(14(17)18)15-13(16)9-11(6-2)10(3)4/h5,7,10-12H,6,8-9H2,1-4H3,(H,15,16)(H,17,18)/b7-5+. The van der Waals surface area contributed by atoms with E-state index in [9.17, 15) is 9.59 Å². The van der Waals surface area contributed by atoms with Crippen LogP contribution in [0.25, 0.3) is 0 Å². The second kappa shape index (κ2) is 8.72. The molecule has 0 saturated carbocycles. The molecule has 2 N–H and O–H groups in total. The molecule has 0 saturated heterocycles. The Labute approximate surface area is 109 Å². The maximum atomic E-state index is 11.8. The Bertz CT molecular complexity index is 297. The van der Waals surface area contributed by atoms with E-state index in [0.29, 0.717) is 24.7 Å². The van der Waals surface area contributed by atoms with E-state index in [0.717, 1.165) is 6.42 Å². The zero-order valence-corrected chi connectivity index (χ0v) is 11.8. The monoisotopic (exact) mass is 255 g/mol. The van der Waals surface area contributed by atoms with Gasteiger partial charge in [0.05, 0.1) is 0 Å².